The average Bonchev–Trinajstić information content (AvgIpc) is 2.56. The Labute approximate surface area is 216 Å². The molecule has 0 amide bonds. The molecule has 12 heteroatoms. The molecule has 7 nitrogen and oxygen atoms in total. The first kappa shape index (κ1) is 36.9. The smallest absolute Gasteiger partial charge is 0.870 e. The van der Waals surface area contributed by atoms with Crippen molar-refractivity contribution in [3.63, 3.8) is 0 Å². The third kappa shape index (κ3) is 27.6. The third-order valence-electron chi connectivity index (χ3n) is 3.39. The van der Waals surface area contributed by atoms with Crippen LogP contribution in [0.2, 0.25) is 0 Å². The average molecular weight is 473 g/mol. The van der Waals surface area contributed by atoms with Gasteiger partial charge in [-0.25, -0.2) is 17.6 Å². The first-order valence-electron chi connectivity index (χ1n) is 8.82. The number of Topliss-reactive ketones (excluding diaryl/α,β-unsaturated/α-hetero) is 2. The number of ketones is 2. The number of hydrogen-bond acceptors (Lipinski definition) is 6. The Bertz CT molecular complexity index is 509. The van der Waals surface area contributed by atoms with Crippen LogP contribution in [-0.2, 0) is 23.9 Å². The zero-order valence-corrected chi connectivity index (χ0v) is 20.9. The Kier molecular flexibility index (Phi) is 23.8. The maximum absolute atomic E-state index is 13.0. The summed E-state index contributed by atoms with van der Waals surface area (Å²) < 4.78 is 56.0. The molecule has 0 aromatic heterocycles. The van der Waals surface area contributed by atoms with Gasteiger partial charge in [-0.05, 0) is 20.8 Å². The number of carboxylic acid groups (broad SMARTS) is 1. The van der Waals surface area contributed by atoms with E-state index in [0.29, 0.717) is 0 Å². The van der Waals surface area contributed by atoms with Crippen LogP contribution >= 0.6 is 0 Å². The zero-order chi connectivity index (χ0) is 22.4. The summed E-state index contributed by atoms with van der Waals surface area (Å²) in [5.41, 5.74) is 0. The number of ether oxygens (including phenoxy) is 1. The summed E-state index contributed by atoms with van der Waals surface area (Å²) in [4.78, 5) is 41.7. The first-order valence-corrected chi connectivity index (χ1v) is 8.82. The van der Waals surface area contributed by atoms with Crippen molar-refractivity contribution in [2.45, 2.75) is 84.0 Å². The molecule has 0 rings (SSSR count). The second kappa shape index (κ2) is 19.3. The molecule has 0 aliphatic carbocycles. The molecule has 2 N–H and O–H groups in total. The largest absolute Gasteiger partial charge is 1.00 e. The number of carboxylic acids is 1. The van der Waals surface area contributed by atoms with Gasteiger partial charge in [-0.1, -0.05) is 0 Å². The second-order valence-corrected chi connectivity index (χ2v) is 6.31. The van der Waals surface area contributed by atoms with Gasteiger partial charge < -0.3 is 24.9 Å². The molecule has 0 aromatic rings. The van der Waals surface area contributed by atoms with Gasteiger partial charge in [0, 0.05) is 38.5 Å². The number of esters is 1. The predicted octanol–water partition coefficient (Wildman–Crippen LogP) is 1.02. The van der Waals surface area contributed by atoms with Crippen LogP contribution in [0.4, 0.5) is 17.6 Å². The number of carbonyl (C=O) groups excluding carboxylic acids is 3. The molecular formula is C18H29F4KO7. The normalized spacial score (nSPS) is 10.5. The molecule has 0 unspecified atom stereocenters. The van der Waals surface area contributed by atoms with E-state index in [1.165, 1.54) is 13.8 Å². The number of carbonyl (C=O) groups is 4. The molecule has 0 heterocycles. The predicted molar refractivity (Wildman–Crippen MR) is 94.4 cm³/mol. The summed E-state index contributed by atoms with van der Waals surface area (Å²) in [6.45, 7) is 4.30. The topological polar surface area (TPSA) is 128 Å². The Morgan fingerprint density at radius 2 is 1.10 bits per heavy atom. The third-order valence-corrected chi connectivity index (χ3v) is 3.39. The summed E-state index contributed by atoms with van der Waals surface area (Å²) in [5.74, 6) is -8.45. The van der Waals surface area contributed by atoms with E-state index in [1.807, 2.05) is 0 Å². The van der Waals surface area contributed by atoms with E-state index in [0.717, 1.165) is 0 Å². The van der Waals surface area contributed by atoms with E-state index in [-0.39, 0.29) is 94.3 Å². The number of rotatable bonds is 13. The van der Waals surface area contributed by atoms with Crippen molar-refractivity contribution in [2.75, 3.05) is 6.61 Å². The summed E-state index contributed by atoms with van der Waals surface area (Å²) in [6.07, 6.45) is -3.54. The number of alkyl halides is 4. The first-order chi connectivity index (χ1) is 12.7. The summed E-state index contributed by atoms with van der Waals surface area (Å²) in [5, 5.41) is 8.15. The van der Waals surface area contributed by atoms with E-state index < -0.39 is 55.9 Å². The van der Waals surface area contributed by atoms with Gasteiger partial charge in [-0.15, -0.1) is 0 Å². The van der Waals surface area contributed by atoms with Crippen molar-refractivity contribution in [2.24, 2.45) is 0 Å². The van der Waals surface area contributed by atoms with Crippen LogP contribution in [0.15, 0.2) is 0 Å². The van der Waals surface area contributed by atoms with Crippen LogP contribution in [-0.4, -0.2) is 52.5 Å². The fraction of sp³-hybridized carbons (Fsp3) is 0.778. The fourth-order valence-corrected chi connectivity index (χ4v) is 1.78. The minimum Gasteiger partial charge on any atom is -0.870 e. The molecule has 172 valence electrons. The minimum atomic E-state index is -3.04. The molecular weight excluding hydrogens is 443 g/mol. The molecule has 0 spiro atoms. The number of halogens is 4. The van der Waals surface area contributed by atoms with E-state index in [9.17, 15) is 36.7 Å². The summed E-state index contributed by atoms with van der Waals surface area (Å²) in [6, 6.07) is 0. The van der Waals surface area contributed by atoms with Gasteiger partial charge in [0.1, 0.15) is 11.6 Å². The number of aliphatic carboxylic acids is 1. The van der Waals surface area contributed by atoms with Gasteiger partial charge in [-0.2, -0.15) is 0 Å². The Morgan fingerprint density at radius 3 is 1.40 bits per heavy atom. The van der Waals surface area contributed by atoms with Crippen molar-refractivity contribution in [1.82, 2.24) is 0 Å². The Balaban J connectivity index is -0.000000213. The summed E-state index contributed by atoms with van der Waals surface area (Å²) in [7, 11) is 0. The van der Waals surface area contributed by atoms with E-state index in [2.05, 4.69) is 4.74 Å². The van der Waals surface area contributed by atoms with Gasteiger partial charge in [-0.3, -0.25) is 9.59 Å². The fourth-order valence-electron chi connectivity index (χ4n) is 1.78. The van der Waals surface area contributed by atoms with Gasteiger partial charge in [0.25, 0.3) is 0 Å². The van der Waals surface area contributed by atoms with Crippen molar-refractivity contribution in [1.29, 1.82) is 0 Å². The van der Waals surface area contributed by atoms with Crippen molar-refractivity contribution in [3.8, 4) is 0 Å². The number of hydrogen-bond donors (Lipinski definition) is 1. The molecule has 0 saturated carbocycles. The van der Waals surface area contributed by atoms with Gasteiger partial charge in [0.2, 0.25) is 11.8 Å². The molecule has 0 radical (unpaired) electrons. The Morgan fingerprint density at radius 1 is 0.767 bits per heavy atom. The van der Waals surface area contributed by atoms with E-state index in [4.69, 9.17) is 5.11 Å². The van der Waals surface area contributed by atoms with Crippen molar-refractivity contribution >= 4 is 23.5 Å². The molecule has 0 aromatic carbocycles. The molecule has 0 aliphatic rings. The van der Waals surface area contributed by atoms with Crippen LogP contribution in [0.5, 0.6) is 0 Å². The maximum atomic E-state index is 13.0. The molecule has 0 bridgehead atoms. The van der Waals surface area contributed by atoms with Crippen LogP contribution in [0, 0.1) is 0 Å². The minimum absolute atomic E-state index is 0. The monoisotopic (exact) mass is 472 g/mol. The molecule has 0 atom stereocenters. The van der Waals surface area contributed by atoms with Gasteiger partial charge in [0.15, 0.2) is 0 Å². The molecule has 0 aliphatic heterocycles. The van der Waals surface area contributed by atoms with E-state index >= 15 is 0 Å². The molecule has 0 saturated heterocycles. The van der Waals surface area contributed by atoms with Gasteiger partial charge in [0.05, 0.1) is 19.4 Å². The molecule has 0 fully saturated rings. The quantitative estimate of drug-likeness (QED) is 0.241. The van der Waals surface area contributed by atoms with Crippen LogP contribution in [0.3, 0.4) is 0 Å². The van der Waals surface area contributed by atoms with Crippen LogP contribution in [0.1, 0.15) is 72.1 Å². The van der Waals surface area contributed by atoms with Crippen molar-refractivity contribution < 1.29 is 103 Å². The SMILES string of the molecule is CC(=O)CCC(F)(F)CCC(=O)O.CCOC(=O)CCC(F)(F)CCC(C)=O.[K+].[OH-]. The summed E-state index contributed by atoms with van der Waals surface area (Å²) >= 11 is 0. The Hall–Kier alpha value is -0.404. The second-order valence-electron chi connectivity index (χ2n) is 6.31. The van der Waals surface area contributed by atoms with Crippen LogP contribution < -0.4 is 51.4 Å². The maximum Gasteiger partial charge on any atom is 1.00 e. The standard InChI is InChI=1S/C10H16F2O3.C8H12F2O3.K.H2O/c1-3-15-9(14)5-7-10(11,12)6-4-8(2)13;1-6(11)2-4-8(9,10)5-3-7(12)13;;/h3-7H2,1-2H3;2-5H2,1H3,(H,12,13);;1H2/q;;+1;/p-1. The molecule has 30 heavy (non-hydrogen) atoms. The van der Waals surface area contributed by atoms with Crippen LogP contribution in [0.25, 0.3) is 0 Å². The van der Waals surface area contributed by atoms with Crippen molar-refractivity contribution in [3.05, 3.63) is 0 Å². The zero-order valence-electron chi connectivity index (χ0n) is 17.8. The van der Waals surface area contributed by atoms with E-state index in [1.54, 1.807) is 6.92 Å². The van der Waals surface area contributed by atoms with Gasteiger partial charge >= 0.3 is 63.3 Å².